The van der Waals surface area contributed by atoms with Crippen molar-refractivity contribution in [3.8, 4) is 0 Å². The molecule has 0 aromatic heterocycles. The normalized spacial score (nSPS) is 17.3. The standard InChI is InChI=1S/C27H33N3OS.C7H8/c1-20-8-4-5-10-24(20)16-21(2)30(17-25-19-32-15-13-28-25)27(31)18-29-14-12-23-9-6-7-11-26(23)22(29)3;1-7-5-3-2-4-6-7/h4-11,13,15,21-22H,12,14,16-19H2,1-3H3;2-6H,1H3. The fraction of sp³-hybridized carbons (Fsp3) is 0.353. The van der Waals surface area contributed by atoms with Gasteiger partial charge in [-0.1, -0.05) is 84.4 Å². The van der Waals surface area contributed by atoms with Crippen LogP contribution in [-0.2, 0) is 17.6 Å². The van der Waals surface area contributed by atoms with E-state index < -0.39 is 0 Å². The maximum absolute atomic E-state index is 13.7. The Balaban J connectivity index is 0.000000438. The SMILES string of the molecule is Cc1ccccc1.Cc1ccccc1CC(C)N(CC1=NC=CSC1)C(=O)CN1CCc2ccccc2C1C. The molecule has 0 N–H and O–H groups in total. The Labute approximate surface area is 238 Å². The van der Waals surface area contributed by atoms with Crippen molar-refractivity contribution in [2.24, 2.45) is 4.99 Å². The van der Waals surface area contributed by atoms with Crippen LogP contribution in [0.3, 0.4) is 0 Å². The van der Waals surface area contributed by atoms with E-state index in [1.165, 1.54) is 27.8 Å². The molecule has 0 saturated carbocycles. The third-order valence-corrected chi connectivity index (χ3v) is 8.46. The Bertz CT molecular complexity index is 1290. The van der Waals surface area contributed by atoms with E-state index in [1.54, 1.807) is 11.8 Å². The van der Waals surface area contributed by atoms with Crippen LogP contribution in [0, 0.1) is 13.8 Å². The maximum Gasteiger partial charge on any atom is 0.237 e. The Morgan fingerprint density at radius 2 is 1.74 bits per heavy atom. The van der Waals surface area contributed by atoms with E-state index in [1.807, 2.05) is 29.8 Å². The van der Waals surface area contributed by atoms with Gasteiger partial charge in [-0.15, -0.1) is 11.8 Å². The van der Waals surface area contributed by atoms with Crippen LogP contribution in [0.4, 0.5) is 0 Å². The van der Waals surface area contributed by atoms with Gasteiger partial charge in [0.1, 0.15) is 0 Å². The van der Waals surface area contributed by atoms with Crippen molar-refractivity contribution in [1.29, 1.82) is 0 Å². The average Bonchev–Trinajstić information content (AvgIpc) is 2.96. The van der Waals surface area contributed by atoms with E-state index >= 15 is 0 Å². The van der Waals surface area contributed by atoms with Gasteiger partial charge in [0, 0.05) is 36.3 Å². The molecule has 3 aromatic carbocycles. The predicted molar refractivity (Wildman–Crippen MR) is 166 cm³/mol. The summed E-state index contributed by atoms with van der Waals surface area (Å²) in [5.41, 5.74) is 7.74. The van der Waals surface area contributed by atoms with E-state index in [2.05, 4.69) is 103 Å². The zero-order valence-corrected chi connectivity index (χ0v) is 24.5. The van der Waals surface area contributed by atoms with Crippen molar-refractivity contribution in [3.63, 3.8) is 0 Å². The van der Waals surface area contributed by atoms with Crippen molar-refractivity contribution >= 4 is 23.4 Å². The number of nitrogens with zero attached hydrogens (tertiary/aromatic N) is 3. The number of carbonyl (C=O) groups is 1. The number of benzene rings is 3. The lowest BCUT2D eigenvalue weighted by molar-refractivity contribution is -0.134. The number of hydrogen-bond donors (Lipinski definition) is 0. The summed E-state index contributed by atoms with van der Waals surface area (Å²) >= 11 is 1.74. The van der Waals surface area contributed by atoms with Gasteiger partial charge in [0.25, 0.3) is 0 Å². The van der Waals surface area contributed by atoms with Gasteiger partial charge in [-0.05, 0) is 68.2 Å². The van der Waals surface area contributed by atoms with Crippen LogP contribution in [0.5, 0.6) is 0 Å². The Morgan fingerprint density at radius 1 is 1.03 bits per heavy atom. The lowest BCUT2D eigenvalue weighted by atomic mass is 9.93. The minimum atomic E-state index is 0.106. The molecule has 0 fully saturated rings. The van der Waals surface area contributed by atoms with E-state index in [9.17, 15) is 4.79 Å². The highest BCUT2D eigenvalue weighted by Crippen LogP contribution is 2.29. The van der Waals surface area contributed by atoms with E-state index in [0.29, 0.717) is 13.1 Å². The van der Waals surface area contributed by atoms with Gasteiger partial charge in [-0.2, -0.15) is 0 Å². The molecule has 204 valence electrons. The highest BCUT2D eigenvalue weighted by Gasteiger charge is 2.29. The zero-order valence-electron chi connectivity index (χ0n) is 23.7. The molecule has 5 rings (SSSR count). The molecular weight excluding hydrogens is 498 g/mol. The van der Waals surface area contributed by atoms with Crippen LogP contribution >= 0.6 is 11.8 Å². The van der Waals surface area contributed by atoms with Crippen LogP contribution in [0.2, 0.25) is 0 Å². The molecule has 3 aromatic rings. The molecular formula is C34H41N3OS. The Morgan fingerprint density at radius 3 is 2.44 bits per heavy atom. The summed E-state index contributed by atoms with van der Waals surface area (Å²) in [4.78, 5) is 22.6. The highest BCUT2D eigenvalue weighted by atomic mass is 32.2. The molecule has 0 spiro atoms. The topological polar surface area (TPSA) is 35.9 Å². The summed E-state index contributed by atoms with van der Waals surface area (Å²) < 4.78 is 0. The molecule has 2 aliphatic rings. The van der Waals surface area contributed by atoms with E-state index in [4.69, 9.17) is 0 Å². The van der Waals surface area contributed by atoms with Crippen molar-refractivity contribution in [1.82, 2.24) is 9.80 Å². The van der Waals surface area contributed by atoms with Crippen LogP contribution in [0.15, 0.2) is 95.5 Å². The molecule has 5 heteroatoms. The maximum atomic E-state index is 13.7. The zero-order chi connectivity index (χ0) is 27.6. The molecule has 39 heavy (non-hydrogen) atoms. The molecule has 1 amide bonds. The number of aliphatic imine (C=N–C) groups is 1. The number of fused-ring (bicyclic) bond motifs is 1. The number of rotatable bonds is 7. The average molecular weight is 540 g/mol. The minimum Gasteiger partial charge on any atom is -0.333 e. The third-order valence-electron chi connectivity index (χ3n) is 7.65. The van der Waals surface area contributed by atoms with Gasteiger partial charge in [0.05, 0.1) is 13.1 Å². The second-order valence-corrected chi connectivity index (χ2v) is 11.4. The monoisotopic (exact) mass is 539 g/mol. The lowest BCUT2D eigenvalue weighted by Gasteiger charge is -2.37. The number of amides is 1. The first-order chi connectivity index (χ1) is 18.9. The highest BCUT2D eigenvalue weighted by molar-refractivity contribution is 8.02. The smallest absolute Gasteiger partial charge is 0.237 e. The summed E-state index contributed by atoms with van der Waals surface area (Å²) in [5, 5.41) is 2.01. The second-order valence-electron chi connectivity index (χ2n) is 10.5. The fourth-order valence-electron chi connectivity index (χ4n) is 5.24. The number of carbonyl (C=O) groups excluding carboxylic acids is 1. The molecule has 2 aliphatic heterocycles. The van der Waals surface area contributed by atoms with E-state index in [0.717, 1.165) is 30.9 Å². The van der Waals surface area contributed by atoms with Crippen molar-refractivity contribution in [2.75, 3.05) is 25.4 Å². The minimum absolute atomic E-state index is 0.106. The van der Waals surface area contributed by atoms with Crippen molar-refractivity contribution < 1.29 is 4.79 Å². The quantitative estimate of drug-likeness (QED) is 0.323. The summed E-state index contributed by atoms with van der Waals surface area (Å²) in [5.74, 6) is 1.05. The molecule has 2 unspecified atom stereocenters. The van der Waals surface area contributed by atoms with Gasteiger partial charge in [-0.3, -0.25) is 14.7 Å². The predicted octanol–water partition coefficient (Wildman–Crippen LogP) is 7.03. The lowest BCUT2D eigenvalue weighted by Crippen LogP contribution is -2.49. The third kappa shape index (κ3) is 8.17. The van der Waals surface area contributed by atoms with Crippen molar-refractivity contribution in [3.05, 3.63) is 118 Å². The fourth-order valence-corrected chi connectivity index (χ4v) is 5.84. The summed E-state index contributed by atoms with van der Waals surface area (Å²) in [6.07, 6.45) is 3.70. The summed E-state index contributed by atoms with van der Waals surface area (Å²) in [6.45, 7) is 10.6. The first-order valence-corrected chi connectivity index (χ1v) is 15.0. The number of hydrogen-bond acceptors (Lipinski definition) is 4. The van der Waals surface area contributed by atoms with E-state index in [-0.39, 0.29) is 18.0 Å². The molecule has 0 saturated heterocycles. The van der Waals surface area contributed by atoms with Crippen LogP contribution in [0.25, 0.3) is 0 Å². The second kappa shape index (κ2) is 14.3. The number of aryl methyl sites for hydroxylation is 2. The molecule has 0 radical (unpaired) electrons. The van der Waals surface area contributed by atoms with Crippen LogP contribution in [0.1, 0.15) is 47.7 Å². The largest absolute Gasteiger partial charge is 0.333 e. The molecule has 0 aliphatic carbocycles. The van der Waals surface area contributed by atoms with Gasteiger partial charge in [0.15, 0.2) is 0 Å². The first kappa shape index (κ1) is 28.8. The Hall–Kier alpha value is -3.15. The van der Waals surface area contributed by atoms with Gasteiger partial charge < -0.3 is 4.90 Å². The Kier molecular flexibility index (Phi) is 10.6. The summed E-state index contributed by atoms with van der Waals surface area (Å²) in [7, 11) is 0. The number of thioether (sulfide) groups is 1. The molecule has 2 heterocycles. The molecule has 4 nitrogen and oxygen atoms in total. The van der Waals surface area contributed by atoms with Gasteiger partial charge in [-0.25, -0.2) is 0 Å². The van der Waals surface area contributed by atoms with Crippen molar-refractivity contribution in [2.45, 2.75) is 52.6 Å². The molecule has 0 bridgehead atoms. The van der Waals surface area contributed by atoms with Crippen LogP contribution < -0.4 is 0 Å². The van der Waals surface area contributed by atoms with Gasteiger partial charge >= 0.3 is 0 Å². The first-order valence-electron chi connectivity index (χ1n) is 13.9. The van der Waals surface area contributed by atoms with Gasteiger partial charge in [0.2, 0.25) is 5.91 Å². The van der Waals surface area contributed by atoms with Crippen LogP contribution in [-0.4, -0.2) is 52.8 Å². The molecule has 2 atom stereocenters. The summed E-state index contributed by atoms with van der Waals surface area (Å²) in [6, 6.07) is 27.7.